The normalized spacial score (nSPS) is 24.4. The summed E-state index contributed by atoms with van der Waals surface area (Å²) >= 11 is 0. The number of fused-ring (bicyclic) bond motifs is 1. The van der Waals surface area contributed by atoms with Gasteiger partial charge in [0.2, 0.25) is 0 Å². The van der Waals surface area contributed by atoms with Gasteiger partial charge in [-0.1, -0.05) is 24.3 Å². The molecule has 2 N–H and O–H groups in total. The van der Waals surface area contributed by atoms with E-state index in [2.05, 4.69) is 0 Å². The molecule has 2 rings (SSSR count). The average molecular weight is 191 g/mol. The van der Waals surface area contributed by atoms with Crippen LogP contribution < -0.4 is 5.73 Å². The molecule has 0 heterocycles. The lowest BCUT2D eigenvalue weighted by atomic mass is 10.1. The van der Waals surface area contributed by atoms with Crippen LogP contribution in [0.15, 0.2) is 24.3 Å². The minimum absolute atomic E-state index is 0.171. The molecule has 0 aromatic heterocycles. The number of nitrogens with two attached hydrogens (primary N) is 1. The van der Waals surface area contributed by atoms with Gasteiger partial charge in [-0.05, 0) is 11.1 Å². The van der Waals surface area contributed by atoms with E-state index in [1.165, 1.54) is 12.5 Å². The van der Waals surface area contributed by atoms with Crippen LogP contribution in [0.1, 0.15) is 24.1 Å². The molecule has 1 aliphatic rings. The molecule has 3 nitrogen and oxygen atoms in total. The summed E-state index contributed by atoms with van der Waals surface area (Å²) in [7, 11) is 0. The minimum Gasteiger partial charge on any atom is -0.460 e. The highest BCUT2D eigenvalue weighted by molar-refractivity contribution is 5.66. The number of esters is 1. The van der Waals surface area contributed by atoms with E-state index in [0.29, 0.717) is 0 Å². The third-order valence-corrected chi connectivity index (χ3v) is 2.55. The van der Waals surface area contributed by atoms with E-state index in [1.807, 2.05) is 24.3 Å². The molecule has 0 saturated carbocycles. The van der Waals surface area contributed by atoms with Gasteiger partial charge < -0.3 is 10.5 Å². The molecule has 3 heteroatoms. The van der Waals surface area contributed by atoms with Crippen molar-refractivity contribution in [3.63, 3.8) is 0 Å². The second-order valence-corrected chi connectivity index (χ2v) is 3.58. The molecule has 0 fully saturated rings. The summed E-state index contributed by atoms with van der Waals surface area (Å²) in [6.45, 7) is 1.41. The quantitative estimate of drug-likeness (QED) is 0.678. The van der Waals surface area contributed by atoms with E-state index < -0.39 is 0 Å². The van der Waals surface area contributed by atoms with Crippen molar-refractivity contribution < 1.29 is 9.53 Å². The Hall–Kier alpha value is -1.35. The molecule has 0 spiro atoms. The van der Waals surface area contributed by atoms with E-state index in [0.717, 1.165) is 12.0 Å². The predicted molar refractivity (Wildman–Crippen MR) is 52.6 cm³/mol. The number of benzene rings is 1. The molecule has 0 radical (unpaired) electrons. The van der Waals surface area contributed by atoms with Gasteiger partial charge in [0.1, 0.15) is 6.10 Å². The van der Waals surface area contributed by atoms with Crippen molar-refractivity contribution in [2.24, 2.45) is 5.73 Å². The maximum absolute atomic E-state index is 10.8. The molecule has 74 valence electrons. The van der Waals surface area contributed by atoms with Gasteiger partial charge in [-0.25, -0.2) is 0 Å². The van der Waals surface area contributed by atoms with Gasteiger partial charge >= 0.3 is 5.97 Å². The molecule has 0 aliphatic heterocycles. The maximum atomic E-state index is 10.8. The highest BCUT2D eigenvalue weighted by Crippen LogP contribution is 2.31. The Morgan fingerprint density at radius 2 is 2.21 bits per heavy atom. The molecular formula is C11H13NO2. The van der Waals surface area contributed by atoms with Gasteiger partial charge in [-0.3, -0.25) is 4.79 Å². The lowest BCUT2D eigenvalue weighted by Gasteiger charge is -2.15. The fraction of sp³-hybridized carbons (Fsp3) is 0.364. The van der Waals surface area contributed by atoms with Crippen molar-refractivity contribution >= 4 is 5.97 Å². The van der Waals surface area contributed by atoms with Gasteiger partial charge in [-0.15, -0.1) is 0 Å². The lowest BCUT2D eigenvalue weighted by molar-refractivity contribution is -0.146. The summed E-state index contributed by atoms with van der Waals surface area (Å²) in [5.74, 6) is -0.266. The Balaban J connectivity index is 2.21. The van der Waals surface area contributed by atoms with Crippen LogP contribution in [-0.2, 0) is 16.0 Å². The number of ether oxygens (including phenoxy) is 1. The largest absolute Gasteiger partial charge is 0.460 e. The van der Waals surface area contributed by atoms with Crippen molar-refractivity contribution in [3.05, 3.63) is 35.4 Å². The fourth-order valence-electron chi connectivity index (χ4n) is 1.92. The van der Waals surface area contributed by atoms with Crippen molar-refractivity contribution in [2.75, 3.05) is 0 Å². The molecule has 1 aliphatic carbocycles. The van der Waals surface area contributed by atoms with Crippen LogP contribution >= 0.6 is 0 Å². The van der Waals surface area contributed by atoms with Gasteiger partial charge in [0.25, 0.3) is 0 Å². The highest BCUT2D eigenvalue weighted by Gasteiger charge is 2.31. The Morgan fingerprint density at radius 1 is 1.50 bits per heavy atom. The van der Waals surface area contributed by atoms with Crippen LogP contribution in [0.25, 0.3) is 0 Å². The molecule has 2 atom stereocenters. The monoisotopic (exact) mass is 191 g/mol. The van der Waals surface area contributed by atoms with E-state index in [1.54, 1.807) is 0 Å². The van der Waals surface area contributed by atoms with Gasteiger partial charge in [-0.2, -0.15) is 0 Å². The van der Waals surface area contributed by atoms with E-state index in [9.17, 15) is 4.79 Å². The first-order chi connectivity index (χ1) is 6.68. The smallest absolute Gasteiger partial charge is 0.302 e. The molecule has 0 amide bonds. The predicted octanol–water partition coefficient (Wildman–Crippen LogP) is 1.17. The molecule has 1 aromatic carbocycles. The zero-order chi connectivity index (χ0) is 10.1. The first kappa shape index (κ1) is 9.21. The average Bonchev–Trinajstić information content (AvgIpc) is 2.44. The van der Waals surface area contributed by atoms with E-state index in [-0.39, 0.29) is 18.1 Å². The number of hydrogen-bond acceptors (Lipinski definition) is 3. The summed E-state index contributed by atoms with van der Waals surface area (Å²) < 4.78 is 5.14. The number of hydrogen-bond donors (Lipinski definition) is 1. The molecular weight excluding hydrogens is 178 g/mol. The van der Waals surface area contributed by atoms with Crippen LogP contribution in [0.4, 0.5) is 0 Å². The third kappa shape index (κ3) is 1.51. The lowest BCUT2D eigenvalue weighted by Crippen LogP contribution is -2.26. The topological polar surface area (TPSA) is 52.3 Å². The van der Waals surface area contributed by atoms with Gasteiger partial charge in [0, 0.05) is 13.3 Å². The van der Waals surface area contributed by atoms with E-state index >= 15 is 0 Å². The van der Waals surface area contributed by atoms with Gasteiger partial charge in [0.05, 0.1) is 6.04 Å². The maximum Gasteiger partial charge on any atom is 0.302 e. The third-order valence-electron chi connectivity index (χ3n) is 2.55. The number of carbonyl (C=O) groups is 1. The molecule has 14 heavy (non-hydrogen) atoms. The summed E-state index contributed by atoms with van der Waals surface area (Å²) in [6.07, 6.45) is 0.543. The van der Waals surface area contributed by atoms with Crippen LogP contribution in [0.3, 0.4) is 0 Å². The summed E-state index contributed by atoms with van der Waals surface area (Å²) in [5.41, 5.74) is 8.24. The van der Waals surface area contributed by atoms with Crippen molar-refractivity contribution in [3.8, 4) is 0 Å². The SMILES string of the molecule is CC(=O)O[C@@H]1Cc2ccccc2[C@@H]1N. The Kier molecular flexibility index (Phi) is 2.25. The number of rotatable bonds is 1. The number of carbonyl (C=O) groups excluding carboxylic acids is 1. The van der Waals surface area contributed by atoms with Crippen LogP contribution in [0.2, 0.25) is 0 Å². The molecule has 0 unspecified atom stereocenters. The Morgan fingerprint density at radius 3 is 2.86 bits per heavy atom. The first-order valence-corrected chi connectivity index (χ1v) is 4.69. The standard InChI is InChI=1S/C11H13NO2/c1-7(13)14-10-6-8-4-2-3-5-9(8)11(10)12/h2-5,10-11H,6,12H2,1H3/t10-,11+/m1/s1. The Bertz CT molecular complexity index is 362. The highest BCUT2D eigenvalue weighted by atomic mass is 16.5. The summed E-state index contributed by atoms with van der Waals surface area (Å²) in [6, 6.07) is 7.77. The minimum atomic E-state index is -0.266. The second-order valence-electron chi connectivity index (χ2n) is 3.58. The van der Waals surface area contributed by atoms with Crippen LogP contribution in [0, 0.1) is 0 Å². The van der Waals surface area contributed by atoms with Crippen molar-refractivity contribution in [2.45, 2.75) is 25.5 Å². The molecule has 0 saturated heterocycles. The van der Waals surface area contributed by atoms with Crippen LogP contribution in [-0.4, -0.2) is 12.1 Å². The second kappa shape index (κ2) is 3.42. The summed E-state index contributed by atoms with van der Waals surface area (Å²) in [4.78, 5) is 10.8. The zero-order valence-corrected chi connectivity index (χ0v) is 8.07. The van der Waals surface area contributed by atoms with Crippen molar-refractivity contribution in [1.29, 1.82) is 0 Å². The summed E-state index contributed by atoms with van der Waals surface area (Å²) in [5, 5.41) is 0. The Labute approximate surface area is 82.9 Å². The fourth-order valence-corrected chi connectivity index (χ4v) is 1.92. The zero-order valence-electron chi connectivity index (χ0n) is 8.07. The van der Waals surface area contributed by atoms with E-state index in [4.69, 9.17) is 10.5 Å². The first-order valence-electron chi connectivity index (χ1n) is 4.69. The van der Waals surface area contributed by atoms with Crippen LogP contribution in [0.5, 0.6) is 0 Å². The van der Waals surface area contributed by atoms with Crippen molar-refractivity contribution in [1.82, 2.24) is 0 Å². The molecule has 0 bridgehead atoms. The van der Waals surface area contributed by atoms with Gasteiger partial charge in [0.15, 0.2) is 0 Å². The molecule has 1 aromatic rings.